The van der Waals surface area contributed by atoms with E-state index in [1.807, 2.05) is 0 Å². The first kappa shape index (κ1) is 12.8. The molecule has 1 aromatic carbocycles. The molecular formula is C14H22N2S. The summed E-state index contributed by atoms with van der Waals surface area (Å²) in [4.78, 5) is 2.49. The maximum atomic E-state index is 6.20. The lowest BCUT2D eigenvalue weighted by Gasteiger charge is -2.34. The highest BCUT2D eigenvalue weighted by atomic mass is 32.2. The molecule has 0 radical (unpaired) electrons. The Morgan fingerprint density at radius 2 is 2.24 bits per heavy atom. The molecule has 0 bridgehead atoms. The van der Waals surface area contributed by atoms with Crippen LogP contribution in [0.4, 0.5) is 5.69 Å². The quantitative estimate of drug-likeness (QED) is 0.894. The average Bonchev–Trinajstić information content (AvgIpc) is 2.38. The molecule has 17 heavy (non-hydrogen) atoms. The van der Waals surface area contributed by atoms with Gasteiger partial charge in [-0.1, -0.05) is 32.0 Å². The number of hydrogen-bond acceptors (Lipinski definition) is 3. The summed E-state index contributed by atoms with van der Waals surface area (Å²) in [5.41, 5.74) is 8.85. The third-order valence-electron chi connectivity index (χ3n) is 3.36. The summed E-state index contributed by atoms with van der Waals surface area (Å²) in [7, 11) is 0. The van der Waals surface area contributed by atoms with E-state index in [0.717, 1.165) is 24.8 Å². The molecule has 1 fully saturated rings. The second-order valence-electron chi connectivity index (χ2n) is 4.70. The fourth-order valence-corrected chi connectivity index (χ4v) is 3.36. The van der Waals surface area contributed by atoms with Gasteiger partial charge in [-0.3, -0.25) is 0 Å². The first-order chi connectivity index (χ1) is 8.22. The van der Waals surface area contributed by atoms with E-state index < -0.39 is 0 Å². The number of hydrogen-bond donors (Lipinski definition) is 1. The third kappa shape index (κ3) is 2.96. The fraction of sp³-hybridized carbons (Fsp3) is 0.571. The van der Waals surface area contributed by atoms with Gasteiger partial charge < -0.3 is 10.6 Å². The molecule has 2 atom stereocenters. The molecule has 0 aromatic heterocycles. The molecule has 1 aliphatic heterocycles. The van der Waals surface area contributed by atoms with Crippen molar-refractivity contribution in [2.75, 3.05) is 23.7 Å². The Bertz CT molecular complexity index is 367. The Kier molecular flexibility index (Phi) is 4.35. The maximum Gasteiger partial charge on any atom is 0.0415 e. The van der Waals surface area contributed by atoms with Crippen molar-refractivity contribution in [1.82, 2.24) is 0 Å². The highest BCUT2D eigenvalue weighted by Crippen LogP contribution is 2.30. The van der Waals surface area contributed by atoms with Crippen molar-refractivity contribution in [2.45, 2.75) is 31.6 Å². The molecular weight excluding hydrogens is 228 g/mol. The van der Waals surface area contributed by atoms with Gasteiger partial charge in [0.15, 0.2) is 0 Å². The number of nitrogens with two attached hydrogens (primary N) is 1. The predicted molar refractivity (Wildman–Crippen MR) is 77.8 cm³/mol. The Balaban J connectivity index is 2.24. The molecule has 3 heteroatoms. The Hall–Kier alpha value is -0.670. The lowest BCUT2D eigenvalue weighted by molar-refractivity contribution is 0.687. The number of anilines is 1. The molecule has 2 rings (SSSR count). The van der Waals surface area contributed by atoms with Gasteiger partial charge in [0.05, 0.1) is 0 Å². The third-order valence-corrected chi connectivity index (χ3v) is 4.49. The Morgan fingerprint density at radius 1 is 1.47 bits per heavy atom. The van der Waals surface area contributed by atoms with E-state index in [1.165, 1.54) is 17.0 Å². The van der Waals surface area contributed by atoms with Crippen molar-refractivity contribution < 1.29 is 0 Å². The van der Waals surface area contributed by atoms with Crippen molar-refractivity contribution in [1.29, 1.82) is 0 Å². The zero-order valence-electron chi connectivity index (χ0n) is 10.7. The van der Waals surface area contributed by atoms with Crippen LogP contribution in [0.25, 0.3) is 0 Å². The Labute approximate surface area is 109 Å². The normalized spacial score (nSPS) is 22.5. The first-order valence-electron chi connectivity index (χ1n) is 6.43. The van der Waals surface area contributed by atoms with E-state index >= 15 is 0 Å². The van der Waals surface area contributed by atoms with Gasteiger partial charge in [0.25, 0.3) is 0 Å². The molecule has 1 heterocycles. The molecule has 94 valence electrons. The summed E-state index contributed by atoms with van der Waals surface area (Å²) in [5.74, 6) is 1.22. The van der Waals surface area contributed by atoms with Gasteiger partial charge in [-0.2, -0.15) is 11.8 Å². The molecule has 2 N–H and O–H groups in total. The SMILES string of the molecule is CCC(N)c1ccccc1N1CCSC(C)C1. The molecule has 0 amide bonds. The topological polar surface area (TPSA) is 29.3 Å². The van der Waals surface area contributed by atoms with Gasteiger partial charge in [-0.05, 0) is 18.1 Å². The van der Waals surface area contributed by atoms with E-state index in [-0.39, 0.29) is 6.04 Å². The average molecular weight is 250 g/mol. The molecule has 1 aliphatic rings. The minimum absolute atomic E-state index is 0.163. The zero-order chi connectivity index (χ0) is 12.3. The number of nitrogens with zero attached hydrogens (tertiary/aromatic N) is 1. The van der Waals surface area contributed by atoms with E-state index in [1.54, 1.807) is 0 Å². The minimum Gasteiger partial charge on any atom is -0.369 e. The van der Waals surface area contributed by atoms with Crippen LogP contribution in [0.5, 0.6) is 0 Å². The molecule has 1 saturated heterocycles. The van der Waals surface area contributed by atoms with E-state index in [4.69, 9.17) is 5.73 Å². The van der Waals surface area contributed by atoms with Crippen LogP contribution >= 0.6 is 11.8 Å². The van der Waals surface area contributed by atoms with Crippen molar-refractivity contribution in [2.24, 2.45) is 5.73 Å². The van der Waals surface area contributed by atoms with Gasteiger partial charge in [0.1, 0.15) is 0 Å². The standard InChI is InChI=1S/C14H22N2S/c1-3-13(15)12-6-4-5-7-14(12)16-8-9-17-11(2)10-16/h4-7,11,13H,3,8-10,15H2,1-2H3. The highest BCUT2D eigenvalue weighted by molar-refractivity contribution is 8.00. The minimum atomic E-state index is 0.163. The molecule has 0 aliphatic carbocycles. The molecule has 2 nitrogen and oxygen atoms in total. The van der Waals surface area contributed by atoms with Crippen molar-refractivity contribution in [3.8, 4) is 0 Å². The van der Waals surface area contributed by atoms with Crippen LogP contribution in [-0.4, -0.2) is 24.1 Å². The smallest absolute Gasteiger partial charge is 0.0415 e. The fourth-order valence-electron chi connectivity index (χ4n) is 2.35. The monoisotopic (exact) mass is 250 g/mol. The summed E-state index contributed by atoms with van der Waals surface area (Å²) in [6.07, 6.45) is 0.995. The van der Waals surface area contributed by atoms with Gasteiger partial charge in [0, 0.05) is 35.8 Å². The number of rotatable bonds is 3. The van der Waals surface area contributed by atoms with Crippen molar-refractivity contribution >= 4 is 17.4 Å². The van der Waals surface area contributed by atoms with E-state index in [9.17, 15) is 0 Å². The number of benzene rings is 1. The zero-order valence-corrected chi connectivity index (χ0v) is 11.5. The Morgan fingerprint density at radius 3 is 2.94 bits per heavy atom. The second kappa shape index (κ2) is 5.78. The molecule has 2 unspecified atom stereocenters. The summed E-state index contributed by atoms with van der Waals surface area (Å²) < 4.78 is 0. The molecule has 0 spiro atoms. The van der Waals surface area contributed by atoms with Crippen LogP contribution in [0.3, 0.4) is 0 Å². The van der Waals surface area contributed by atoms with Crippen LogP contribution in [0.15, 0.2) is 24.3 Å². The van der Waals surface area contributed by atoms with Crippen LogP contribution in [-0.2, 0) is 0 Å². The summed E-state index contributed by atoms with van der Waals surface area (Å²) in [6.45, 7) is 6.73. The van der Waals surface area contributed by atoms with Gasteiger partial charge in [-0.15, -0.1) is 0 Å². The lowest BCUT2D eigenvalue weighted by atomic mass is 10.0. The van der Waals surface area contributed by atoms with Gasteiger partial charge in [0.2, 0.25) is 0 Å². The summed E-state index contributed by atoms with van der Waals surface area (Å²) in [5, 5.41) is 0.717. The first-order valence-corrected chi connectivity index (χ1v) is 7.48. The van der Waals surface area contributed by atoms with Crippen molar-refractivity contribution in [3.63, 3.8) is 0 Å². The molecule has 0 saturated carbocycles. The highest BCUT2D eigenvalue weighted by Gasteiger charge is 2.20. The van der Waals surface area contributed by atoms with E-state index in [2.05, 4.69) is 54.8 Å². The van der Waals surface area contributed by atoms with Crippen LogP contribution < -0.4 is 10.6 Å². The largest absolute Gasteiger partial charge is 0.369 e. The summed E-state index contributed by atoms with van der Waals surface area (Å²) in [6, 6.07) is 8.77. The maximum absolute atomic E-state index is 6.20. The van der Waals surface area contributed by atoms with Gasteiger partial charge in [-0.25, -0.2) is 0 Å². The van der Waals surface area contributed by atoms with Crippen LogP contribution in [0.2, 0.25) is 0 Å². The van der Waals surface area contributed by atoms with Crippen LogP contribution in [0, 0.1) is 0 Å². The molecule has 1 aromatic rings. The second-order valence-corrected chi connectivity index (χ2v) is 6.25. The van der Waals surface area contributed by atoms with E-state index in [0.29, 0.717) is 0 Å². The number of thioether (sulfide) groups is 1. The van der Waals surface area contributed by atoms with Crippen molar-refractivity contribution in [3.05, 3.63) is 29.8 Å². The number of para-hydroxylation sites is 1. The summed E-state index contributed by atoms with van der Waals surface area (Å²) >= 11 is 2.06. The predicted octanol–water partition coefficient (Wildman–Crippen LogP) is 3.04. The van der Waals surface area contributed by atoms with Gasteiger partial charge >= 0.3 is 0 Å². The lowest BCUT2D eigenvalue weighted by Crippen LogP contribution is -2.37. The van der Waals surface area contributed by atoms with Crippen LogP contribution in [0.1, 0.15) is 31.9 Å².